The van der Waals surface area contributed by atoms with Gasteiger partial charge in [0.25, 0.3) is 0 Å². The highest BCUT2D eigenvalue weighted by atomic mass is 35.5. The molecule has 0 aromatic heterocycles. The minimum absolute atomic E-state index is 0.0165. The van der Waals surface area contributed by atoms with E-state index in [-0.39, 0.29) is 10.6 Å². The van der Waals surface area contributed by atoms with E-state index in [0.717, 1.165) is 5.56 Å². The van der Waals surface area contributed by atoms with E-state index < -0.39 is 5.97 Å². The fourth-order valence-electron chi connectivity index (χ4n) is 1.78. The lowest BCUT2D eigenvalue weighted by Gasteiger charge is -2.10. The lowest BCUT2D eigenvalue weighted by atomic mass is 10.1. The number of rotatable bonds is 3. The first-order chi connectivity index (χ1) is 9.51. The average Bonchev–Trinajstić information content (AvgIpc) is 2.41. The summed E-state index contributed by atoms with van der Waals surface area (Å²) in [6.07, 6.45) is 0. The van der Waals surface area contributed by atoms with Crippen LogP contribution in [-0.2, 0) is 0 Å². The first-order valence-corrected chi connectivity index (χ1v) is 6.19. The largest absolute Gasteiger partial charge is 0.478 e. The van der Waals surface area contributed by atoms with Crippen molar-refractivity contribution >= 4 is 28.9 Å². The van der Waals surface area contributed by atoms with Gasteiger partial charge in [0.1, 0.15) is 6.07 Å². The second kappa shape index (κ2) is 5.64. The summed E-state index contributed by atoms with van der Waals surface area (Å²) in [5.74, 6) is -1.09. The number of nitriles is 1. The van der Waals surface area contributed by atoms with Crippen molar-refractivity contribution in [2.75, 3.05) is 5.32 Å². The van der Waals surface area contributed by atoms with Crippen LogP contribution in [0, 0.1) is 18.3 Å². The maximum atomic E-state index is 11.0. The van der Waals surface area contributed by atoms with Crippen LogP contribution >= 0.6 is 11.6 Å². The van der Waals surface area contributed by atoms with Gasteiger partial charge in [0.05, 0.1) is 21.8 Å². The Morgan fingerprint density at radius 2 is 2.05 bits per heavy atom. The Labute approximate surface area is 121 Å². The number of benzene rings is 2. The van der Waals surface area contributed by atoms with Gasteiger partial charge in [-0.1, -0.05) is 17.7 Å². The van der Waals surface area contributed by atoms with Crippen LogP contribution in [0.15, 0.2) is 36.4 Å². The highest BCUT2D eigenvalue weighted by molar-refractivity contribution is 6.33. The van der Waals surface area contributed by atoms with Gasteiger partial charge in [-0.05, 0) is 42.8 Å². The lowest BCUT2D eigenvalue weighted by molar-refractivity contribution is 0.0697. The zero-order chi connectivity index (χ0) is 14.7. The highest BCUT2D eigenvalue weighted by Gasteiger charge is 2.10. The van der Waals surface area contributed by atoms with E-state index >= 15 is 0 Å². The SMILES string of the molecule is Cc1ccc(C#N)c(Nc2ccc(Cl)c(C(=O)O)c2)c1. The molecule has 0 radical (unpaired) electrons. The molecule has 20 heavy (non-hydrogen) atoms. The molecule has 0 bridgehead atoms. The van der Waals surface area contributed by atoms with Gasteiger partial charge < -0.3 is 10.4 Å². The molecule has 0 saturated heterocycles. The zero-order valence-corrected chi connectivity index (χ0v) is 11.4. The summed E-state index contributed by atoms with van der Waals surface area (Å²) >= 11 is 5.82. The van der Waals surface area contributed by atoms with Crippen LogP contribution in [-0.4, -0.2) is 11.1 Å². The molecule has 0 saturated carbocycles. The maximum absolute atomic E-state index is 11.0. The standard InChI is InChI=1S/C15H11ClN2O2/c1-9-2-3-10(8-17)14(6-9)18-11-4-5-13(16)12(7-11)15(19)20/h2-7,18H,1H3,(H,19,20). The number of nitrogens with one attached hydrogen (secondary N) is 1. The third-order valence-electron chi connectivity index (χ3n) is 2.77. The fraction of sp³-hybridized carbons (Fsp3) is 0.0667. The molecule has 0 fully saturated rings. The molecule has 5 heteroatoms. The molecule has 2 N–H and O–H groups in total. The first kappa shape index (κ1) is 13.9. The number of hydrogen-bond acceptors (Lipinski definition) is 3. The molecular weight excluding hydrogens is 276 g/mol. The summed E-state index contributed by atoms with van der Waals surface area (Å²) in [5.41, 5.74) is 2.70. The molecule has 0 aliphatic carbocycles. The van der Waals surface area contributed by atoms with E-state index in [1.165, 1.54) is 12.1 Å². The van der Waals surface area contributed by atoms with Crippen molar-refractivity contribution < 1.29 is 9.90 Å². The Kier molecular flexibility index (Phi) is 3.92. The molecule has 100 valence electrons. The summed E-state index contributed by atoms with van der Waals surface area (Å²) in [4.78, 5) is 11.0. The van der Waals surface area contributed by atoms with Crippen molar-refractivity contribution in [1.82, 2.24) is 0 Å². The van der Waals surface area contributed by atoms with E-state index in [1.54, 1.807) is 12.1 Å². The van der Waals surface area contributed by atoms with E-state index in [1.807, 2.05) is 19.1 Å². The summed E-state index contributed by atoms with van der Waals surface area (Å²) in [7, 11) is 0. The fourth-order valence-corrected chi connectivity index (χ4v) is 1.98. The minimum Gasteiger partial charge on any atom is -0.478 e. The first-order valence-electron chi connectivity index (χ1n) is 5.82. The second-order valence-corrected chi connectivity index (χ2v) is 4.69. The molecule has 0 amide bonds. The molecule has 0 aliphatic rings. The molecule has 2 aromatic rings. The van der Waals surface area contributed by atoms with Crippen LogP contribution < -0.4 is 5.32 Å². The van der Waals surface area contributed by atoms with Gasteiger partial charge in [-0.2, -0.15) is 5.26 Å². The second-order valence-electron chi connectivity index (χ2n) is 4.29. The zero-order valence-electron chi connectivity index (χ0n) is 10.6. The Hall–Kier alpha value is -2.51. The number of nitrogens with zero attached hydrogens (tertiary/aromatic N) is 1. The van der Waals surface area contributed by atoms with Gasteiger partial charge in [0.15, 0.2) is 0 Å². The number of carboxylic acids is 1. The number of aromatic carboxylic acids is 1. The highest BCUT2D eigenvalue weighted by Crippen LogP contribution is 2.25. The van der Waals surface area contributed by atoms with Crippen LogP contribution in [0.25, 0.3) is 0 Å². The molecule has 0 spiro atoms. The topological polar surface area (TPSA) is 73.1 Å². The smallest absolute Gasteiger partial charge is 0.337 e. The predicted octanol–water partition coefficient (Wildman–Crippen LogP) is 3.96. The van der Waals surface area contributed by atoms with Crippen LogP contribution in [0.1, 0.15) is 21.5 Å². The van der Waals surface area contributed by atoms with Gasteiger partial charge in [0, 0.05) is 5.69 Å². The summed E-state index contributed by atoms with van der Waals surface area (Å²) < 4.78 is 0. The number of anilines is 2. The summed E-state index contributed by atoms with van der Waals surface area (Å²) in [5, 5.41) is 21.3. The molecular formula is C15H11ClN2O2. The molecule has 4 nitrogen and oxygen atoms in total. The number of halogens is 1. The quantitative estimate of drug-likeness (QED) is 0.895. The normalized spacial score (nSPS) is 9.85. The Bertz CT molecular complexity index is 720. The lowest BCUT2D eigenvalue weighted by Crippen LogP contribution is -2.00. The Morgan fingerprint density at radius 1 is 1.30 bits per heavy atom. The van der Waals surface area contributed by atoms with Crippen molar-refractivity contribution in [1.29, 1.82) is 5.26 Å². The Balaban J connectivity index is 2.40. The minimum atomic E-state index is -1.09. The maximum Gasteiger partial charge on any atom is 0.337 e. The number of hydrogen-bond donors (Lipinski definition) is 2. The van der Waals surface area contributed by atoms with Crippen molar-refractivity contribution in [2.45, 2.75) is 6.92 Å². The van der Waals surface area contributed by atoms with E-state index in [4.69, 9.17) is 22.0 Å². The average molecular weight is 287 g/mol. The van der Waals surface area contributed by atoms with Crippen molar-refractivity contribution in [3.05, 3.63) is 58.1 Å². The number of carboxylic acid groups (broad SMARTS) is 1. The molecule has 0 unspecified atom stereocenters. The molecule has 0 aliphatic heterocycles. The monoisotopic (exact) mass is 286 g/mol. The van der Waals surface area contributed by atoms with Gasteiger partial charge in [-0.25, -0.2) is 4.79 Å². The molecule has 2 rings (SSSR count). The van der Waals surface area contributed by atoms with Crippen molar-refractivity contribution in [3.8, 4) is 6.07 Å². The molecule has 2 aromatic carbocycles. The van der Waals surface area contributed by atoms with Crippen LogP contribution in [0.3, 0.4) is 0 Å². The third-order valence-corrected chi connectivity index (χ3v) is 3.10. The van der Waals surface area contributed by atoms with Gasteiger partial charge in [-0.15, -0.1) is 0 Å². The molecule has 0 atom stereocenters. The van der Waals surface area contributed by atoms with Crippen LogP contribution in [0.5, 0.6) is 0 Å². The van der Waals surface area contributed by atoms with Gasteiger partial charge in [0.2, 0.25) is 0 Å². The summed E-state index contributed by atoms with van der Waals surface area (Å²) in [6.45, 7) is 1.91. The van der Waals surface area contributed by atoms with E-state index in [2.05, 4.69) is 11.4 Å². The Morgan fingerprint density at radius 3 is 2.70 bits per heavy atom. The van der Waals surface area contributed by atoms with E-state index in [0.29, 0.717) is 16.9 Å². The van der Waals surface area contributed by atoms with Crippen LogP contribution in [0.2, 0.25) is 5.02 Å². The van der Waals surface area contributed by atoms with Crippen LogP contribution in [0.4, 0.5) is 11.4 Å². The summed E-state index contributed by atoms with van der Waals surface area (Å²) in [6, 6.07) is 12.1. The number of aryl methyl sites for hydroxylation is 1. The van der Waals surface area contributed by atoms with Gasteiger partial charge >= 0.3 is 5.97 Å². The van der Waals surface area contributed by atoms with Gasteiger partial charge in [-0.3, -0.25) is 0 Å². The predicted molar refractivity (Wildman–Crippen MR) is 77.6 cm³/mol. The van der Waals surface area contributed by atoms with E-state index in [9.17, 15) is 4.79 Å². The molecule has 0 heterocycles. The third kappa shape index (κ3) is 2.90. The van der Waals surface area contributed by atoms with Crippen molar-refractivity contribution in [3.63, 3.8) is 0 Å². The number of carbonyl (C=O) groups is 1. The van der Waals surface area contributed by atoms with Crippen molar-refractivity contribution in [2.24, 2.45) is 0 Å².